The summed E-state index contributed by atoms with van der Waals surface area (Å²) in [6.07, 6.45) is -0.509. The smallest absolute Gasteiger partial charge is 0.247 e. The number of rotatable bonds is 5. The number of ether oxygens (including phenoxy) is 1. The summed E-state index contributed by atoms with van der Waals surface area (Å²) in [6.45, 7) is 3.97. The van der Waals surface area contributed by atoms with Gasteiger partial charge in [-0.2, -0.15) is 0 Å². The van der Waals surface area contributed by atoms with Crippen molar-refractivity contribution in [3.8, 4) is 11.5 Å². The van der Waals surface area contributed by atoms with Crippen LogP contribution >= 0.6 is 0 Å². The van der Waals surface area contributed by atoms with Crippen LogP contribution in [0.15, 0.2) is 28.7 Å². The minimum atomic E-state index is -0.509. The third kappa shape index (κ3) is 3.16. The molecule has 3 rings (SSSR count). The highest BCUT2D eigenvalue weighted by molar-refractivity contribution is 5.52. The van der Waals surface area contributed by atoms with Crippen molar-refractivity contribution in [3.63, 3.8) is 0 Å². The molecule has 1 N–H and O–H groups in total. The Bertz CT molecular complexity index is 634. The van der Waals surface area contributed by atoms with Gasteiger partial charge in [0.25, 0.3) is 0 Å². The normalized spacial score (nSPS) is 21.6. The number of hydrogen-bond acceptors (Lipinski definition) is 6. The van der Waals surface area contributed by atoms with Crippen LogP contribution in [0.1, 0.15) is 12.8 Å². The van der Waals surface area contributed by atoms with Gasteiger partial charge < -0.3 is 14.3 Å². The van der Waals surface area contributed by atoms with Gasteiger partial charge in [-0.1, -0.05) is 13.0 Å². The zero-order chi connectivity index (χ0) is 15.5. The third-order valence-corrected chi connectivity index (χ3v) is 3.77. The van der Waals surface area contributed by atoms with Gasteiger partial charge in [0.1, 0.15) is 5.82 Å². The monoisotopic (exact) mass is 307 g/mol. The van der Waals surface area contributed by atoms with E-state index in [9.17, 15) is 9.50 Å². The first-order chi connectivity index (χ1) is 10.7. The zero-order valence-electron chi connectivity index (χ0n) is 12.3. The number of nitrogens with zero attached hydrogens (tertiary/aromatic N) is 3. The van der Waals surface area contributed by atoms with Crippen molar-refractivity contribution in [1.29, 1.82) is 0 Å². The van der Waals surface area contributed by atoms with Crippen molar-refractivity contribution < 1.29 is 18.7 Å². The minimum absolute atomic E-state index is 0.0745. The fourth-order valence-corrected chi connectivity index (χ4v) is 2.57. The molecule has 1 saturated heterocycles. The molecule has 1 aromatic carbocycles. The molecule has 6 nitrogen and oxygen atoms in total. The van der Waals surface area contributed by atoms with E-state index in [4.69, 9.17) is 9.15 Å². The third-order valence-electron chi connectivity index (χ3n) is 3.77. The molecule has 1 fully saturated rings. The van der Waals surface area contributed by atoms with Crippen molar-refractivity contribution in [1.82, 2.24) is 15.1 Å². The molecular weight excluding hydrogens is 289 g/mol. The fraction of sp³-hybridized carbons (Fsp3) is 0.467. The molecule has 0 saturated carbocycles. The maximum absolute atomic E-state index is 13.2. The van der Waals surface area contributed by atoms with E-state index in [1.807, 2.05) is 11.8 Å². The second-order valence-electron chi connectivity index (χ2n) is 5.25. The molecule has 1 aromatic heterocycles. The average Bonchev–Trinajstić information content (AvgIpc) is 3.14. The number of likely N-dealkylation sites (N-methyl/N-ethyl adjacent to an activating group) is 1. The summed E-state index contributed by atoms with van der Waals surface area (Å²) in [4.78, 5) is 2.03. The van der Waals surface area contributed by atoms with Gasteiger partial charge in [-0.15, -0.1) is 10.2 Å². The van der Waals surface area contributed by atoms with Crippen LogP contribution in [-0.4, -0.2) is 52.1 Å². The first kappa shape index (κ1) is 15.1. The van der Waals surface area contributed by atoms with Crippen molar-refractivity contribution in [2.75, 3.05) is 19.8 Å². The summed E-state index contributed by atoms with van der Waals surface area (Å²) in [6, 6.07) is 5.95. The molecule has 22 heavy (non-hydrogen) atoms. The standard InChI is InChI=1S/C15H18FN3O3/c1-2-19(12-8-21-9-13(12)20)7-14-17-18-15(22-14)10-4-3-5-11(16)6-10/h3-6,12-13,20H,2,7-9H2,1H3/t12-,13-/m0/s1. The van der Waals surface area contributed by atoms with E-state index in [0.717, 1.165) is 6.54 Å². The number of aliphatic hydroxyl groups is 1. The summed E-state index contributed by atoms with van der Waals surface area (Å²) in [5.74, 6) is 0.368. The second-order valence-corrected chi connectivity index (χ2v) is 5.25. The molecule has 1 aliphatic rings. The molecule has 118 valence electrons. The van der Waals surface area contributed by atoms with Gasteiger partial charge in [0.05, 0.1) is 31.9 Å². The molecule has 0 radical (unpaired) electrons. The fourth-order valence-electron chi connectivity index (χ4n) is 2.57. The van der Waals surface area contributed by atoms with Gasteiger partial charge in [-0.05, 0) is 24.7 Å². The lowest BCUT2D eigenvalue weighted by atomic mass is 10.2. The topological polar surface area (TPSA) is 71.6 Å². The Kier molecular flexibility index (Phi) is 4.47. The molecule has 1 aliphatic heterocycles. The zero-order valence-corrected chi connectivity index (χ0v) is 12.3. The molecule has 0 aliphatic carbocycles. The number of benzene rings is 1. The van der Waals surface area contributed by atoms with Crippen LogP contribution in [0.25, 0.3) is 11.5 Å². The summed E-state index contributed by atoms with van der Waals surface area (Å²) in [5, 5.41) is 17.9. The molecule has 7 heteroatoms. The van der Waals surface area contributed by atoms with Crippen LogP contribution in [0.2, 0.25) is 0 Å². The SMILES string of the molecule is CCN(Cc1nnc(-c2cccc(F)c2)o1)[C@H]1COC[C@@H]1O. The van der Waals surface area contributed by atoms with Crippen molar-refractivity contribution >= 4 is 0 Å². The number of aromatic nitrogens is 2. The molecule has 2 atom stereocenters. The Labute approximate surface area is 127 Å². The second kappa shape index (κ2) is 6.51. The van der Waals surface area contributed by atoms with Crippen LogP contribution in [-0.2, 0) is 11.3 Å². The minimum Gasteiger partial charge on any atom is -0.419 e. The van der Waals surface area contributed by atoms with Gasteiger partial charge in [0.2, 0.25) is 11.8 Å². The summed E-state index contributed by atoms with van der Waals surface area (Å²) < 4.78 is 24.1. The number of hydrogen-bond donors (Lipinski definition) is 1. The lowest BCUT2D eigenvalue weighted by Crippen LogP contribution is -2.42. The molecule has 0 bridgehead atoms. The summed E-state index contributed by atoms with van der Waals surface area (Å²) in [5.41, 5.74) is 0.547. The Morgan fingerprint density at radius 3 is 2.91 bits per heavy atom. The van der Waals surface area contributed by atoms with E-state index < -0.39 is 6.10 Å². The van der Waals surface area contributed by atoms with Crippen LogP contribution in [0.5, 0.6) is 0 Å². The van der Waals surface area contributed by atoms with E-state index in [-0.39, 0.29) is 17.7 Å². The largest absolute Gasteiger partial charge is 0.419 e. The molecule has 2 aromatic rings. The first-order valence-corrected chi connectivity index (χ1v) is 7.25. The number of halogens is 1. The Hall–Kier alpha value is -1.83. The molecule has 0 unspecified atom stereocenters. The highest BCUT2D eigenvalue weighted by Gasteiger charge is 2.31. The predicted molar refractivity (Wildman–Crippen MR) is 76.4 cm³/mol. The summed E-state index contributed by atoms with van der Waals surface area (Å²) in [7, 11) is 0. The Morgan fingerprint density at radius 2 is 2.23 bits per heavy atom. The van der Waals surface area contributed by atoms with Gasteiger partial charge in [0.15, 0.2) is 0 Å². The maximum Gasteiger partial charge on any atom is 0.247 e. The van der Waals surface area contributed by atoms with Crippen LogP contribution in [0.4, 0.5) is 4.39 Å². The average molecular weight is 307 g/mol. The van der Waals surface area contributed by atoms with Gasteiger partial charge >= 0.3 is 0 Å². The Morgan fingerprint density at radius 1 is 1.36 bits per heavy atom. The quantitative estimate of drug-likeness (QED) is 0.901. The predicted octanol–water partition coefficient (Wildman–Crippen LogP) is 1.46. The molecule has 2 heterocycles. The lowest BCUT2D eigenvalue weighted by Gasteiger charge is -2.26. The molecule has 0 spiro atoms. The maximum atomic E-state index is 13.2. The number of aliphatic hydroxyl groups excluding tert-OH is 1. The van der Waals surface area contributed by atoms with Crippen LogP contribution in [0.3, 0.4) is 0 Å². The highest BCUT2D eigenvalue weighted by Crippen LogP contribution is 2.21. The summed E-state index contributed by atoms with van der Waals surface area (Å²) >= 11 is 0. The van der Waals surface area contributed by atoms with E-state index in [1.54, 1.807) is 12.1 Å². The van der Waals surface area contributed by atoms with Crippen LogP contribution < -0.4 is 0 Å². The van der Waals surface area contributed by atoms with E-state index >= 15 is 0 Å². The van der Waals surface area contributed by atoms with Crippen molar-refractivity contribution in [3.05, 3.63) is 36.0 Å². The molecular formula is C15H18FN3O3. The van der Waals surface area contributed by atoms with Gasteiger partial charge in [-0.3, -0.25) is 4.90 Å². The van der Waals surface area contributed by atoms with Crippen LogP contribution in [0, 0.1) is 5.82 Å². The van der Waals surface area contributed by atoms with E-state index in [0.29, 0.717) is 31.2 Å². The Balaban J connectivity index is 1.73. The molecule has 0 amide bonds. The van der Waals surface area contributed by atoms with Crippen molar-refractivity contribution in [2.24, 2.45) is 0 Å². The van der Waals surface area contributed by atoms with Gasteiger partial charge in [-0.25, -0.2) is 4.39 Å². The van der Waals surface area contributed by atoms with Crippen molar-refractivity contribution in [2.45, 2.75) is 25.6 Å². The first-order valence-electron chi connectivity index (χ1n) is 7.25. The highest BCUT2D eigenvalue weighted by atomic mass is 19.1. The lowest BCUT2D eigenvalue weighted by molar-refractivity contribution is 0.0759. The van der Waals surface area contributed by atoms with Gasteiger partial charge in [0, 0.05) is 5.56 Å². The van der Waals surface area contributed by atoms with E-state index in [2.05, 4.69) is 10.2 Å². The van der Waals surface area contributed by atoms with E-state index in [1.165, 1.54) is 12.1 Å².